The Morgan fingerprint density at radius 2 is 1.71 bits per heavy atom. The molecule has 2 N–H and O–H groups in total. The van der Waals surface area contributed by atoms with Crippen molar-refractivity contribution in [1.29, 1.82) is 0 Å². The maximum Gasteiger partial charge on any atom is 0.134 e. The van der Waals surface area contributed by atoms with Crippen molar-refractivity contribution in [2.75, 3.05) is 18.0 Å². The normalized spacial score (nSPS) is 26.8. The van der Waals surface area contributed by atoms with E-state index < -0.39 is 0 Å². The molecule has 2 saturated carbocycles. The van der Waals surface area contributed by atoms with Gasteiger partial charge < -0.3 is 10.6 Å². The molecule has 1 aliphatic heterocycles. The first kappa shape index (κ1) is 14.3. The summed E-state index contributed by atoms with van der Waals surface area (Å²) >= 11 is 0. The van der Waals surface area contributed by atoms with Crippen LogP contribution in [0.15, 0.2) is 30.6 Å². The zero-order chi connectivity index (χ0) is 16.1. The highest BCUT2D eigenvalue weighted by Crippen LogP contribution is 2.42. The molecule has 0 radical (unpaired) electrons. The first-order valence-electron chi connectivity index (χ1n) is 9.05. The van der Waals surface area contributed by atoms with Gasteiger partial charge in [-0.1, -0.05) is 0 Å². The fourth-order valence-corrected chi connectivity index (χ4v) is 3.78. The quantitative estimate of drug-likeness (QED) is 0.937. The molecule has 3 aliphatic rings. The molecule has 0 aromatic carbocycles. The van der Waals surface area contributed by atoms with E-state index in [9.17, 15) is 0 Å². The van der Waals surface area contributed by atoms with Gasteiger partial charge in [-0.3, -0.25) is 4.98 Å². The summed E-state index contributed by atoms with van der Waals surface area (Å²) in [5, 5.41) is 0. The van der Waals surface area contributed by atoms with Crippen molar-refractivity contribution in [3.05, 3.63) is 47.7 Å². The molecule has 0 spiro atoms. The van der Waals surface area contributed by atoms with E-state index in [-0.39, 0.29) is 0 Å². The molecule has 5 heteroatoms. The van der Waals surface area contributed by atoms with Gasteiger partial charge in [0.1, 0.15) is 11.6 Å². The first-order chi connectivity index (χ1) is 11.8. The molecule has 0 atom stereocenters. The molecule has 1 saturated heterocycles. The fourth-order valence-electron chi connectivity index (χ4n) is 3.78. The van der Waals surface area contributed by atoms with Crippen molar-refractivity contribution in [2.24, 2.45) is 5.73 Å². The van der Waals surface area contributed by atoms with Crippen LogP contribution in [0.4, 0.5) is 5.82 Å². The minimum Gasteiger partial charge on any atom is -0.355 e. The van der Waals surface area contributed by atoms with Crippen LogP contribution in [0, 0.1) is 0 Å². The van der Waals surface area contributed by atoms with E-state index in [0.717, 1.165) is 37.6 Å². The molecular weight excluding hydrogens is 298 g/mol. The van der Waals surface area contributed by atoms with Crippen molar-refractivity contribution in [1.82, 2.24) is 15.0 Å². The Bertz CT molecular complexity index is 731. The van der Waals surface area contributed by atoms with Crippen molar-refractivity contribution < 1.29 is 0 Å². The summed E-state index contributed by atoms with van der Waals surface area (Å²) in [6, 6.07) is 6.82. The van der Waals surface area contributed by atoms with E-state index in [1.165, 1.54) is 24.1 Å². The predicted octanol–water partition coefficient (Wildman–Crippen LogP) is 2.56. The van der Waals surface area contributed by atoms with Gasteiger partial charge in [-0.15, -0.1) is 0 Å². The molecule has 124 valence electrons. The van der Waals surface area contributed by atoms with E-state index in [4.69, 9.17) is 15.7 Å². The summed E-state index contributed by atoms with van der Waals surface area (Å²) < 4.78 is 0. The molecule has 0 amide bonds. The van der Waals surface area contributed by atoms with Crippen molar-refractivity contribution in [3.8, 4) is 0 Å². The minimum absolute atomic E-state index is 0.359. The number of pyridine rings is 1. The summed E-state index contributed by atoms with van der Waals surface area (Å²) in [7, 11) is 0. The monoisotopic (exact) mass is 321 g/mol. The maximum absolute atomic E-state index is 5.98. The van der Waals surface area contributed by atoms with Gasteiger partial charge in [-0.25, -0.2) is 9.97 Å². The van der Waals surface area contributed by atoms with E-state index in [2.05, 4.69) is 28.1 Å². The zero-order valence-corrected chi connectivity index (χ0v) is 13.8. The van der Waals surface area contributed by atoms with Crippen LogP contribution in [-0.2, 0) is 0 Å². The Hall–Kier alpha value is -2.01. The molecule has 3 fully saturated rings. The first-order valence-corrected chi connectivity index (χ1v) is 9.05. The molecule has 2 aromatic heterocycles. The van der Waals surface area contributed by atoms with Crippen LogP contribution in [0.25, 0.3) is 0 Å². The summed E-state index contributed by atoms with van der Waals surface area (Å²) in [5.74, 6) is 3.90. The SMILES string of the molecule is NC1CC(c2cc(N3CC(c4ccncc4)C3)nc(C3CC3)n2)C1. The number of hydrogen-bond acceptors (Lipinski definition) is 5. The second-order valence-electron chi connectivity index (χ2n) is 7.59. The molecule has 3 heterocycles. The van der Waals surface area contributed by atoms with Crippen LogP contribution in [0.3, 0.4) is 0 Å². The Morgan fingerprint density at radius 1 is 0.958 bits per heavy atom. The number of nitrogens with two attached hydrogens (primary N) is 1. The van der Waals surface area contributed by atoms with Crippen LogP contribution >= 0.6 is 0 Å². The smallest absolute Gasteiger partial charge is 0.134 e. The standard InChI is InChI=1S/C19H23N5/c20-16-7-14(8-16)17-9-18(23-19(22-17)13-1-2-13)24-10-15(11-24)12-3-5-21-6-4-12/h3-6,9,13-16H,1-2,7-8,10-11,20H2. The highest BCUT2D eigenvalue weighted by atomic mass is 15.2. The van der Waals surface area contributed by atoms with Gasteiger partial charge in [0, 0.05) is 61.0 Å². The molecule has 24 heavy (non-hydrogen) atoms. The predicted molar refractivity (Wildman–Crippen MR) is 93.1 cm³/mol. The Balaban J connectivity index is 1.36. The van der Waals surface area contributed by atoms with E-state index >= 15 is 0 Å². The van der Waals surface area contributed by atoms with Crippen molar-refractivity contribution in [2.45, 2.75) is 49.5 Å². The Labute approximate surface area is 142 Å². The third-order valence-electron chi connectivity index (χ3n) is 5.67. The van der Waals surface area contributed by atoms with Crippen LogP contribution in [0.5, 0.6) is 0 Å². The van der Waals surface area contributed by atoms with Gasteiger partial charge in [-0.2, -0.15) is 0 Å². The number of anilines is 1. The van der Waals surface area contributed by atoms with Gasteiger partial charge in [0.15, 0.2) is 0 Å². The molecular formula is C19H23N5. The second-order valence-corrected chi connectivity index (χ2v) is 7.59. The lowest BCUT2D eigenvalue weighted by Crippen LogP contribution is -2.45. The molecule has 5 nitrogen and oxygen atoms in total. The van der Waals surface area contributed by atoms with Gasteiger partial charge >= 0.3 is 0 Å². The largest absolute Gasteiger partial charge is 0.355 e. The van der Waals surface area contributed by atoms with E-state index in [0.29, 0.717) is 23.8 Å². The fraction of sp³-hybridized carbons (Fsp3) is 0.526. The average Bonchev–Trinajstić information content (AvgIpc) is 3.36. The lowest BCUT2D eigenvalue weighted by molar-refractivity contribution is 0.344. The number of nitrogens with zero attached hydrogens (tertiary/aromatic N) is 4. The maximum atomic E-state index is 5.98. The Kier molecular flexibility index (Phi) is 3.30. The molecule has 2 aromatic rings. The summed E-state index contributed by atoms with van der Waals surface area (Å²) in [6.45, 7) is 2.07. The van der Waals surface area contributed by atoms with Crippen molar-refractivity contribution in [3.63, 3.8) is 0 Å². The number of rotatable bonds is 4. The lowest BCUT2D eigenvalue weighted by Gasteiger charge is -2.41. The highest BCUT2D eigenvalue weighted by Gasteiger charge is 2.35. The van der Waals surface area contributed by atoms with Crippen molar-refractivity contribution >= 4 is 5.82 Å². The molecule has 5 rings (SSSR count). The lowest BCUT2D eigenvalue weighted by atomic mass is 9.78. The number of hydrogen-bond donors (Lipinski definition) is 1. The molecule has 0 unspecified atom stereocenters. The van der Waals surface area contributed by atoms with Crippen LogP contribution in [0.2, 0.25) is 0 Å². The third kappa shape index (κ3) is 2.57. The van der Waals surface area contributed by atoms with Gasteiger partial charge in [-0.05, 0) is 43.4 Å². The molecule has 2 aliphatic carbocycles. The van der Waals surface area contributed by atoms with E-state index in [1.54, 1.807) is 0 Å². The average molecular weight is 321 g/mol. The molecule has 0 bridgehead atoms. The van der Waals surface area contributed by atoms with Gasteiger partial charge in [0.05, 0.1) is 0 Å². The van der Waals surface area contributed by atoms with Crippen LogP contribution in [0.1, 0.15) is 60.5 Å². The summed E-state index contributed by atoms with van der Waals surface area (Å²) in [6.07, 6.45) is 8.39. The topological polar surface area (TPSA) is 67.9 Å². The zero-order valence-electron chi connectivity index (χ0n) is 13.8. The number of aromatic nitrogens is 3. The Morgan fingerprint density at radius 3 is 2.38 bits per heavy atom. The minimum atomic E-state index is 0.359. The highest BCUT2D eigenvalue weighted by molar-refractivity contribution is 5.47. The van der Waals surface area contributed by atoms with Crippen LogP contribution in [-0.4, -0.2) is 34.1 Å². The third-order valence-corrected chi connectivity index (χ3v) is 5.67. The summed E-state index contributed by atoms with van der Waals surface area (Å²) in [5.41, 5.74) is 8.57. The van der Waals surface area contributed by atoms with Gasteiger partial charge in [0.2, 0.25) is 0 Å². The van der Waals surface area contributed by atoms with E-state index in [1.807, 2.05) is 12.4 Å². The summed E-state index contributed by atoms with van der Waals surface area (Å²) in [4.78, 5) is 16.2. The van der Waals surface area contributed by atoms with Crippen LogP contribution < -0.4 is 10.6 Å². The second kappa shape index (κ2) is 5.52. The van der Waals surface area contributed by atoms with Gasteiger partial charge in [0.25, 0.3) is 0 Å².